The van der Waals surface area contributed by atoms with Gasteiger partial charge in [0.15, 0.2) is 10.9 Å². The molecule has 8 heteroatoms. The first-order valence-corrected chi connectivity index (χ1v) is 10.4. The number of hydrogen-bond acceptors (Lipinski definition) is 6. The molecule has 0 saturated heterocycles. The molecule has 0 bridgehead atoms. The fourth-order valence-electron chi connectivity index (χ4n) is 3.19. The quantitative estimate of drug-likeness (QED) is 0.435. The molecule has 0 fully saturated rings. The van der Waals surface area contributed by atoms with Gasteiger partial charge in [-0.2, -0.15) is 0 Å². The largest absolute Gasteiger partial charge is 0.455 e. The van der Waals surface area contributed by atoms with Crippen LogP contribution in [0.2, 0.25) is 5.02 Å². The van der Waals surface area contributed by atoms with Gasteiger partial charge in [0.2, 0.25) is 0 Å². The average Bonchev–Trinajstić information content (AvgIpc) is 3.19. The van der Waals surface area contributed by atoms with Crippen LogP contribution in [0.25, 0.3) is 0 Å². The van der Waals surface area contributed by atoms with Gasteiger partial charge in [0.05, 0.1) is 24.1 Å². The molecule has 2 aromatic heterocycles. The molecule has 0 aliphatic carbocycles. The molecule has 1 N–H and O–H groups in total. The highest BCUT2D eigenvalue weighted by Gasteiger charge is 2.25. The number of aromatic nitrogens is 2. The number of halogens is 1. The van der Waals surface area contributed by atoms with Crippen LogP contribution < -0.4 is 15.0 Å². The van der Waals surface area contributed by atoms with Gasteiger partial charge < -0.3 is 15.0 Å². The highest BCUT2D eigenvalue weighted by molar-refractivity contribution is 7.14. The van der Waals surface area contributed by atoms with Crippen molar-refractivity contribution in [2.75, 3.05) is 10.2 Å². The van der Waals surface area contributed by atoms with Crippen LogP contribution in [0.1, 0.15) is 16.1 Å². The van der Waals surface area contributed by atoms with E-state index in [0.717, 1.165) is 17.0 Å². The Kier molecular flexibility index (Phi) is 4.82. The van der Waals surface area contributed by atoms with Crippen LogP contribution >= 0.6 is 22.9 Å². The summed E-state index contributed by atoms with van der Waals surface area (Å²) in [4.78, 5) is 23.2. The van der Waals surface area contributed by atoms with E-state index >= 15 is 0 Å². The maximum atomic E-state index is 12.6. The lowest BCUT2D eigenvalue weighted by molar-refractivity contribution is 0.102. The first-order valence-electron chi connectivity index (χ1n) is 9.17. The zero-order valence-electron chi connectivity index (χ0n) is 15.6. The summed E-state index contributed by atoms with van der Waals surface area (Å²) in [6.07, 6.45) is 3.24. The normalized spacial score (nSPS) is 12.4. The van der Waals surface area contributed by atoms with Crippen molar-refractivity contribution in [3.05, 3.63) is 88.7 Å². The fourth-order valence-corrected chi connectivity index (χ4v) is 4.18. The van der Waals surface area contributed by atoms with Crippen LogP contribution in [0.15, 0.2) is 72.4 Å². The molecule has 0 radical (unpaired) electrons. The van der Waals surface area contributed by atoms with Crippen molar-refractivity contribution in [2.45, 2.75) is 6.54 Å². The van der Waals surface area contributed by atoms with E-state index < -0.39 is 0 Å². The van der Waals surface area contributed by atoms with Crippen molar-refractivity contribution in [1.82, 2.24) is 9.97 Å². The van der Waals surface area contributed by atoms with Crippen molar-refractivity contribution >= 4 is 45.4 Å². The van der Waals surface area contributed by atoms with Crippen molar-refractivity contribution in [1.29, 1.82) is 0 Å². The summed E-state index contributed by atoms with van der Waals surface area (Å²) in [5, 5.41) is 5.82. The third-order valence-electron chi connectivity index (χ3n) is 4.61. The predicted octanol–water partition coefficient (Wildman–Crippen LogP) is 5.89. The molecule has 0 spiro atoms. The van der Waals surface area contributed by atoms with E-state index in [0.29, 0.717) is 33.8 Å². The molecule has 1 aliphatic rings. The zero-order valence-corrected chi connectivity index (χ0v) is 17.2. The molecule has 5 rings (SSSR count). The van der Waals surface area contributed by atoms with E-state index in [1.807, 2.05) is 41.3 Å². The number of nitrogens with zero attached hydrogens (tertiary/aromatic N) is 3. The summed E-state index contributed by atoms with van der Waals surface area (Å²) in [6.45, 7) is 0.542. The minimum Gasteiger partial charge on any atom is -0.455 e. The Hall–Kier alpha value is -3.42. The fraction of sp³-hybridized carbons (Fsp3) is 0.0455. The molecule has 6 nitrogen and oxygen atoms in total. The Bertz CT molecular complexity index is 1230. The Morgan fingerprint density at radius 3 is 2.90 bits per heavy atom. The average molecular weight is 435 g/mol. The van der Waals surface area contributed by atoms with Gasteiger partial charge >= 0.3 is 0 Å². The molecule has 0 atom stereocenters. The monoisotopic (exact) mass is 434 g/mol. The van der Waals surface area contributed by atoms with Gasteiger partial charge in [-0.15, -0.1) is 11.3 Å². The maximum absolute atomic E-state index is 12.6. The molecule has 1 amide bonds. The number of carbonyl (C=O) groups is 1. The Morgan fingerprint density at radius 1 is 1.13 bits per heavy atom. The number of hydrogen-bond donors (Lipinski definition) is 1. The number of thiazole rings is 1. The van der Waals surface area contributed by atoms with Gasteiger partial charge in [0.25, 0.3) is 5.91 Å². The predicted molar refractivity (Wildman–Crippen MR) is 118 cm³/mol. The van der Waals surface area contributed by atoms with Gasteiger partial charge in [0.1, 0.15) is 11.4 Å². The first kappa shape index (κ1) is 18.6. The van der Waals surface area contributed by atoms with E-state index in [2.05, 4.69) is 15.3 Å². The summed E-state index contributed by atoms with van der Waals surface area (Å²) in [5.41, 5.74) is 2.76. The number of nitrogens with one attached hydrogen (secondary N) is 1. The van der Waals surface area contributed by atoms with Crippen molar-refractivity contribution in [2.24, 2.45) is 0 Å². The van der Waals surface area contributed by atoms with E-state index in [9.17, 15) is 4.79 Å². The molecular formula is C22H15ClN4O2S. The van der Waals surface area contributed by atoms with Crippen molar-refractivity contribution in [3.8, 4) is 11.5 Å². The second-order valence-electron chi connectivity index (χ2n) is 6.62. The third kappa shape index (κ3) is 3.60. The standard InChI is InChI=1S/C22H15ClN4O2S/c23-15-7-8-20-18(10-15)27(12-14-4-1-2-6-19(14)29-20)22-26-17(13-30-22)21(28)25-16-5-3-9-24-11-16/h1-11,13H,12H2,(H,25,28). The van der Waals surface area contributed by atoms with Gasteiger partial charge in [-0.05, 0) is 36.4 Å². The number of para-hydroxylation sites is 1. The SMILES string of the molecule is O=C(Nc1cccnc1)c1csc(N2Cc3ccccc3Oc3ccc(Cl)cc32)n1. The summed E-state index contributed by atoms with van der Waals surface area (Å²) < 4.78 is 6.13. The van der Waals surface area contributed by atoms with E-state index in [-0.39, 0.29) is 5.91 Å². The Morgan fingerprint density at radius 2 is 2.03 bits per heavy atom. The summed E-state index contributed by atoms with van der Waals surface area (Å²) in [6, 6.07) is 16.9. The second-order valence-corrected chi connectivity index (χ2v) is 7.89. The molecule has 2 aromatic carbocycles. The Labute approximate surface area is 181 Å². The van der Waals surface area contributed by atoms with E-state index in [1.165, 1.54) is 11.3 Å². The number of benzene rings is 2. The lowest BCUT2D eigenvalue weighted by atomic mass is 10.2. The van der Waals surface area contributed by atoms with Crippen LogP contribution in [0.4, 0.5) is 16.5 Å². The lowest BCUT2D eigenvalue weighted by Gasteiger charge is -2.21. The molecule has 4 aromatic rings. The highest BCUT2D eigenvalue weighted by Crippen LogP contribution is 2.44. The number of ether oxygens (including phenoxy) is 1. The van der Waals surface area contributed by atoms with E-state index in [1.54, 1.807) is 36.0 Å². The van der Waals surface area contributed by atoms with Crippen LogP contribution in [-0.4, -0.2) is 15.9 Å². The van der Waals surface area contributed by atoms with Crippen LogP contribution in [0, 0.1) is 0 Å². The Balaban J connectivity index is 1.50. The number of rotatable bonds is 3. The molecule has 148 valence electrons. The van der Waals surface area contributed by atoms with Crippen molar-refractivity contribution < 1.29 is 9.53 Å². The molecule has 3 heterocycles. The topological polar surface area (TPSA) is 67.4 Å². The van der Waals surface area contributed by atoms with Gasteiger partial charge in [-0.25, -0.2) is 4.98 Å². The third-order valence-corrected chi connectivity index (χ3v) is 5.71. The van der Waals surface area contributed by atoms with Crippen LogP contribution in [-0.2, 0) is 6.54 Å². The number of carbonyl (C=O) groups excluding carboxylic acids is 1. The molecular weight excluding hydrogens is 420 g/mol. The lowest BCUT2D eigenvalue weighted by Crippen LogP contribution is -2.17. The van der Waals surface area contributed by atoms with Crippen LogP contribution in [0.3, 0.4) is 0 Å². The molecule has 0 unspecified atom stereocenters. The smallest absolute Gasteiger partial charge is 0.275 e. The number of fused-ring (bicyclic) bond motifs is 2. The first-order chi connectivity index (χ1) is 14.7. The highest BCUT2D eigenvalue weighted by atomic mass is 35.5. The molecule has 0 saturated carbocycles. The summed E-state index contributed by atoms with van der Waals surface area (Å²) in [5.74, 6) is 1.18. The minimum atomic E-state index is -0.289. The summed E-state index contributed by atoms with van der Waals surface area (Å²) in [7, 11) is 0. The van der Waals surface area contributed by atoms with Gasteiger partial charge in [0, 0.05) is 22.2 Å². The van der Waals surface area contributed by atoms with Crippen molar-refractivity contribution in [3.63, 3.8) is 0 Å². The van der Waals surface area contributed by atoms with Crippen LogP contribution in [0.5, 0.6) is 11.5 Å². The van der Waals surface area contributed by atoms with Gasteiger partial charge in [-0.3, -0.25) is 9.78 Å². The zero-order chi connectivity index (χ0) is 20.5. The number of amides is 1. The maximum Gasteiger partial charge on any atom is 0.275 e. The molecule has 30 heavy (non-hydrogen) atoms. The van der Waals surface area contributed by atoms with Gasteiger partial charge in [-0.1, -0.05) is 29.8 Å². The number of pyridine rings is 1. The minimum absolute atomic E-state index is 0.289. The molecule has 1 aliphatic heterocycles. The summed E-state index contributed by atoms with van der Waals surface area (Å²) >= 11 is 7.66. The number of anilines is 3. The van der Waals surface area contributed by atoms with E-state index in [4.69, 9.17) is 16.3 Å². The second kappa shape index (κ2) is 7.78.